The maximum atomic E-state index is 15.1. The lowest BCUT2D eigenvalue weighted by Gasteiger charge is -2.23. The molecule has 0 bridgehead atoms. The topological polar surface area (TPSA) is 123 Å². The van der Waals surface area contributed by atoms with Crippen molar-refractivity contribution in [3.8, 4) is 16.9 Å². The van der Waals surface area contributed by atoms with E-state index in [1.54, 1.807) is 23.4 Å². The molecule has 4 aromatic rings. The largest absolute Gasteiger partial charge is 0.493 e. The van der Waals surface area contributed by atoms with Gasteiger partial charge in [0.1, 0.15) is 11.6 Å². The first-order valence-electron chi connectivity index (χ1n) is 15.0. The second kappa shape index (κ2) is 15.4. The number of ether oxygens (including phenoxy) is 2. The number of hydrogen-bond donors (Lipinski definition) is 2. The zero-order chi connectivity index (χ0) is 33.5. The lowest BCUT2D eigenvalue weighted by molar-refractivity contribution is -0.136. The highest BCUT2D eigenvalue weighted by molar-refractivity contribution is 6.32. The van der Waals surface area contributed by atoms with Crippen LogP contribution in [0, 0.1) is 12.7 Å². The number of aromatic nitrogens is 2. The molecule has 0 radical (unpaired) electrons. The van der Waals surface area contributed by atoms with Crippen molar-refractivity contribution in [3.05, 3.63) is 99.0 Å². The minimum atomic E-state index is -1.06. The van der Waals surface area contributed by atoms with Crippen molar-refractivity contribution >= 4 is 46.7 Å². The van der Waals surface area contributed by atoms with Crippen LogP contribution < -0.4 is 15.0 Å². The molecule has 13 heteroatoms. The molecular weight excluding hydrogens is 650 g/mol. The van der Waals surface area contributed by atoms with Gasteiger partial charge in [-0.2, -0.15) is 5.10 Å². The third-order valence-corrected chi connectivity index (χ3v) is 8.50. The van der Waals surface area contributed by atoms with E-state index in [0.717, 1.165) is 34.0 Å². The number of carbonyl (C=O) groups excluding carboxylic acids is 2. The summed E-state index contributed by atoms with van der Waals surface area (Å²) in [4.78, 5) is 38.1. The molecule has 1 aliphatic rings. The van der Waals surface area contributed by atoms with Crippen molar-refractivity contribution < 1.29 is 33.4 Å². The van der Waals surface area contributed by atoms with Crippen LogP contribution in [0.3, 0.4) is 0 Å². The first-order chi connectivity index (χ1) is 22.6. The molecule has 10 nitrogen and oxygen atoms in total. The van der Waals surface area contributed by atoms with Gasteiger partial charge >= 0.3 is 5.97 Å². The molecule has 0 spiro atoms. The molecule has 0 unspecified atom stereocenters. The average Bonchev–Trinajstić information content (AvgIpc) is 3.39. The zero-order valence-electron chi connectivity index (χ0n) is 25.6. The van der Waals surface area contributed by atoms with Crippen molar-refractivity contribution in [2.24, 2.45) is 0 Å². The van der Waals surface area contributed by atoms with Gasteiger partial charge in [-0.25, -0.2) is 4.39 Å². The molecule has 0 aliphatic carbocycles. The molecule has 5 rings (SSSR count). The van der Waals surface area contributed by atoms with Crippen molar-refractivity contribution in [3.63, 3.8) is 0 Å². The number of aliphatic carboxylic acids is 1. The molecule has 3 aromatic carbocycles. The summed E-state index contributed by atoms with van der Waals surface area (Å²) in [7, 11) is 0. The quantitative estimate of drug-likeness (QED) is 0.169. The Hall–Kier alpha value is -4.45. The number of benzene rings is 3. The van der Waals surface area contributed by atoms with Gasteiger partial charge in [0.25, 0.3) is 5.91 Å². The molecule has 0 atom stereocenters. The van der Waals surface area contributed by atoms with Crippen LogP contribution in [-0.4, -0.2) is 59.0 Å². The van der Waals surface area contributed by atoms with Gasteiger partial charge in [-0.15, -0.1) is 0 Å². The van der Waals surface area contributed by atoms with Gasteiger partial charge in [0, 0.05) is 69.3 Å². The molecule has 2 amide bonds. The van der Waals surface area contributed by atoms with Crippen molar-refractivity contribution in [2.75, 3.05) is 31.2 Å². The summed E-state index contributed by atoms with van der Waals surface area (Å²) in [6, 6.07) is 13.6. The predicted octanol–water partition coefficient (Wildman–Crippen LogP) is 6.28. The molecule has 2 N–H and O–H groups in total. The third-order valence-electron chi connectivity index (χ3n) is 7.75. The summed E-state index contributed by atoms with van der Waals surface area (Å²) in [5.74, 6) is -1.72. The number of nitrogens with zero attached hydrogens (tertiary/aromatic N) is 3. The van der Waals surface area contributed by atoms with Crippen LogP contribution >= 0.6 is 23.2 Å². The Labute approximate surface area is 281 Å². The van der Waals surface area contributed by atoms with Crippen molar-refractivity contribution in [2.45, 2.75) is 39.3 Å². The fourth-order valence-corrected chi connectivity index (χ4v) is 5.70. The smallest absolute Gasteiger partial charge is 0.305 e. The van der Waals surface area contributed by atoms with E-state index in [1.807, 2.05) is 37.3 Å². The summed E-state index contributed by atoms with van der Waals surface area (Å²) >= 11 is 12.5. The number of halogens is 3. The van der Waals surface area contributed by atoms with Gasteiger partial charge < -0.3 is 24.8 Å². The first-order valence-corrected chi connectivity index (χ1v) is 15.8. The fraction of sp³-hybridized carbons (Fsp3) is 0.294. The van der Waals surface area contributed by atoms with E-state index in [0.29, 0.717) is 43.6 Å². The van der Waals surface area contributed by atoms with Crippen molar-refractivity contribution in [1.82, 2.24) is 15.1 Å². The number of rotatable bonds is 12. The van der Waals surface area contributed by atoms with Crippen LogP contribution in [0.25, 0.3) is 11.1 Å². The predicted molar refractivity (Wildman–Crippen MR) is 176 cm³/mol. The van der Waals surface area contributed by atoms with Gasteiger partial charge in [-0.1, -0.05) is 41.4 Å². The molecule has 47 heavy (non-hydrogen) atoms. The van der Waals surface area contributed by atoms with E-state index in [-0.39, 0.29) is 48.0 Å². The van der Waals surface area contributed by atoms with Gasteiger partial charge in [0.05, 0.1) is 39.0 Å². The maximum absolute atomic E-state index is 15.1. The molecule has 2 heterocycles. The Balaban J connectivity index is 1.27. The highest BCUT2D eigenvalue weighted by Gasteiger charge is 2.24. The molecule has 1 aliphatic heterocycles. The average molecular weight is 684 g/mol. The number of nitrogens with one attached hydrogen (secondary N) is 1. The maximum Gasteiger partial charge on any atom is 0.305 e. The van der Waals surface area contributed by atoms with E-state index >= 15 is 4.39 Å². The third kappa shape index (κ3) is 8.29. The molecular formula is C34H33Cl2FN4O6. The summed E-state index contributed by atoms with van der Waals surface area (Å²) in [6.07, 6.45) is 3.96. The summed E-state index contributed by atoms with van der Waals surface area (Å²) in [5, 5.41) is 16.3. The minimum Gasteiger partial charge on any atom is -0.493 e. The highest BCUT2D eigenvalue weighted by Crippen LogP contribution is 2.34. The SMILES string of the molecule is Cc1c(Cl)cccc1OCCCC(=O)N1CCOCc2c(-c3cnn(Cc4c(F)cc(C(=O)NCCC(=O)O)cc4Cl)c3)cccc21. The number of carbonyl (C=O) groups is 3. The molecule has 0 saturated carbocycles. The van der Waals surface area contributed by atoms with Crippen LogP contribution in [0.2, 0.25) is 10.0 Å². The monoisotopic (exact) mass is 682 g/mol. The minimum absolute atomic E-state index is 0.00149. The number of anilines is 1. The van der Waals surface area contributed by atoms with E-state index in [1.165, 1.54) is 10.7 Å². The Kier molecular flexibility index (Phi) is 11.1. The lowest BCUT2D eigenvalue weighted by Crippen LogP contribution is -2.33. The summed E-state index contributed by atoms with van der Waals surface area (Å²) in [6.45, 7) is 3.26. The van der Waals surface area contributed by atoms with Crippen LogP contribution in [-0.2, 0) is 27.5 Å². The van der Waals surface area contributed by atoms with Crippen LogP contribution in [0.15, 0.2) is 60.9 Å². The second-order valence-corrected chi connectivity index (χ2v) is 11.8. The van der Waals surface area contributed by atoms with E-state index in [4.69, 9.17) is 37.8 Å². The molecule has 246 valence electrons. The van der Waals surface area contributed by atoms with E-state index in [2.05, 4.69) is 10.4 Å². The second-order valence-electron chi connectivity index (χ2n) is 11.0. The van der Waals surface area contributed by atoms with E-state index in [9.17, 15) is 14.4 Å². The van der Waals surface area contributed by atoms with Gasteiger partial charge in [0.2, 0.25) is 5.91 Å². The molecule has 0 saturated heterocycles. The number of hydrogen-bond acceptors (Lipinski definition) is 6. The van der Waals surface area contributed by atoms with Crippen LogP contribution in [0.5, 0.6) is 5.75 Å². The summed E-state index contributed by atoms with van der Waals surface area (Å²) < 4.78 is 28.4. The highest BCUT2D eigenvalue weighted by atomic mass is 35.5. The number of carboxylic acid groups (broad SMARTS) is 1. The van der Waals surface area contributed by atoms with Crippen molar-refractivity contribution in [1.29, 1.82) is 0 Å². The zero-order valence-corrected chi connectivity index (χ0v) is 27.1. The number of amides is 2. The Bertz CT molecular complexity index is 1770. The van der Waals surface area contributed by atoms with Gasteiger partial charge in [-0.3, -0.25) is 19.1 Å². The van der Waals surface area contributed by atoms with Gasteiger partial charge in [-0.05, 0) is 49.2 Å². The standard InChI is InChI=1S/C34H33Cl2FN4O6/c1-21-27(35)6-3-8-31(21)47-13-4-9-32(42)41-12-14-46-20-26-24(5-2-7-30(26)41)23-17-39-40(18-23)19-25-28(36)15-22(16-29(25)37)34(45)38-11-10-33(43)44/h2-3,5-8,15-18H,4,9-14,19-20H2,1H3,(H,38,45)(H,43,44). The van der Waals surface area contributed by atoms with E-state index < -0.39 is 17.7 Å². The van der Waals surface area contributed by atoms with Crippen LogP contribution in [0.1, 0.15) is 46.3 Å². The number of fused-ring (bicyclic) bond motifs is 1. The normalized spacial score (nSPS) is 12.7. The Morgan fingerprint density at radius 3 is 2.70 bits per heavy atom. The molecule has 1 aromatic heterocycles. The Morgan fingerprint density at radius 1 is 1.11 bits per heavy atom. The summed E-state index contributed by atoms with van der Waals surface area (Å²) in [5.41, 5.74) is 4.16. The first kappa shape index (κ1) is 33.9. The molecule has 0 fully saturated rings. The van der Waals surface area contributed by atoms with Gasteiger partial charge in [0.15, 0.2) is 0 Å². The lowest BCUT2D eigenvalue weighted by atomic mass is 10.0. The van der Waals surface area contributed by atoms with Crippen LogP contribution in [0.4, 0.5) is 10.1 Å². The number of carboxylic acids is 1. The Morgan fingerprint density at radius 2 is 1.91 bits per heavy atom. The fourth-order valence-electron chi connectivity index (χ4n) is 5.27.